The fourth-order valence-corrected chi connectivity index (χ4v) is 5.68. The molecule has 2 aliphatic heterocycles. The number of hydrogen-bond acceptors (Lipinski definition) is 12. The van der Waals surface area contributed by atoms with Crippen molar-refractivity contribution in [2.24, 2.45) is 0 Å². The maximum absolute atomic E-state index is 13.8. The fraction of sp³-hybridized carbons (Fsp3) is 0.486. The van der Waals surface area contributed by atoms with Crippen molar-refractivity contribution in [1.82, 2.24) is 9.80 Å². The van der Waals surface area contributed by atoms with E-state index in [9.17, 15) is 34.0 Å². The molecule has 54 heavy (non-hydrogen) atoms. The normalized spacial score (nSPS) is 16.8. The molecular weight excluding hydrogens is 726 g/mol. The number of morpholine rings is 2. The Morgan fingerprint density at radius 3 is 2.15 bits per heavy atom. The number of esters is 1. The second-order valence-electron chi connectivity index (χ2n) is 14.4. The molecule has 2 fully saturated rings. The summed E-state index contributed by atoms with van der Waals surface area (Å²) in [7, 11) is 0. The van der Waals surface area contributed by atoms with E-state index in [1.807, 2.05) is 6.07 Å². The average molecular weight is 770 g/mol. The Hall–Kier alpha value is -5.24. The van der Waals surface area contributed by atoms with Crippen LogP contribution in [0.2, 0.25) is 5.02 Å². The van der Waals surface area contributed by atoms with Crippen LogP contribution in [0, 0.1) is 11.3 Å². The van der Waals surface area contributed by atoms with Gasteiger partial charge in [0.05, 0.1) is 48.6 Å². The Balaban J connectivity index is 1.57. The minimum atomic E-state index is -1.77. The van der Waals surface area contributed by atoms with Crippen molar-refractivity contribution in [1.29, 1.82) is 5.26 Å². The number of amides is 5. The lowest BCUT2D eigenvalue weighted by Crippen LogP contribution is -2.56. The first kappa shape index (κ1) is 41.5. The van der Waals surface area contributed by atoms with Crippen molar-refractivity contribution in [3.63, 3.8) is 0 Å². The van der Waals surface area contributed by atoms with E-state index in [2.05, 4.69) is 5.32 Å². The minimum Gasteiger partial charge on any atom is -0.449 e. The first-order valence-corrected chi connectivity index (χ1v) is 17.5. The van der Waals surface area contributed by atoms with Crippen LogP contribution in [-0.4, -0.2) is 109 Å². The third-order valence-corrected chi connectivity index (χ3v) is 8.10. The summed E-state index contributed by atoms with van der Waals surface area (Å²) < 4.78 is 27.2. The van der Waals surface area contributed by atoms with Crippen LogP contribution in [0.25, 0.3) is 0 Å². The molecule has 4 rings (SSSR count). The number of nitriles is 1. The fourth-order valence-electron chi connectivity index (χ4n) is 5.43. The monoisotopic (exact) mass is 769 g/mol. The van der Waals surface area contributed by atoms with Crippen LogP contribution >= 0.6 is 11.6 Å². The number of ether oxygens (including phenoxy) is 5. The van der Waals surface area contributed by atoms with Crippen LogP contribution in [0.15, 0.2) is 36.4 Å². The molecule has 2 heterocycles. The molecule has 290 valence electrons. The van der Waals surface area contributed by atoms with Crippen molar-refractivity contribution < 1.29 is 52.5 Å². The number of carbonyl (C=O) groups is 6. The molecule has 17 heteroatoms. The molecule has 2 saturated heterocycles. The number of anilines is 2. The maximum Gasteiger partial charge on any atom is 0.420 e. The Kier molecular flexibility index (Phi) is 13.3. The van der Waals surface area contributed by atoms with Gasteiger partial charge in [-0.25, -0.2) is 14.5 Å². The smallest absolute Gasteiger partial charge is 0.420 e. The highest BCUT2D eigenvalue weighted by molar-refractivity contribution is 6.34. The summed E-state index contributed by atoms with van der Waals surface area (Å²) in [6, 6.07) is 10.6. The van der Waals surface area contributed by atoms with Gasteiger partial charge in [0.2, 0.25) is 6.10 Å². The van der Waals surface area contributed by atoms with Crippen LogP contribution in [0.4, 0.5) is 21.0 Å². The minimum absolute atomic E-state index is 0.0420. The number of nitrogens with one attached hydrogen (secondary N) is 1. The maximum atomic E-state index is 13.8. The molecule has 2 aromatic rings. The third kappa shape index (κ3) is 10.9. The predicted octanol–water partition coefficient (Wildman–Crippen LogP) is 4.66. The highest BCUT2D eigenvalue weighted by atomic mass is 35.5. The van der Waals surface area contributed by atoms with Gasteiger partial charge >= 0.3 is 18.2 Å². The largest absolute Gasteiger partial charge is 0.449 e. The number of benzene rings is 2. The molecule has 0 spiro atoms. The lowest BCUT2D eigenvalue weighted by Gasteiger charge is -2.35. The first-order valence-electron chi connectivity index (χ1n) is 17.1. The molecule has 16 nitrogen and oxygen atoms in total. The number of rotatable bonds is 8. The summed E-state index contributed by atoms with van der Waals surface area (Å²) in [6.07, 6.45) is -5.40. The second kappa shape index (κ2) is 17.3. The van der Waals surface area contributed by atoms with Gasteiger partial charge in [-0.15, -0.1) is 0 Å². The lowest BCUT2D eigenvalue weighted by atomic mass is 10.1. The van der Waals surface area contributed by atoms with Gasteiger partial charge in [0, 0.05) is 37.9 Å². The Morgan fingerprint density at radius 2 is 1.59 bits per heavy atom. The van der Waals surface area contributed by atoms with Crippen molar-refractivity contribution in [3.8, 4) is 6.07 Å². The molecule has 1 N–H and O–H groups in total. The summed E-state index contributed by atoms with van der Waals surface area (Å²) >= 11 is 6.52. The number of imide groups is 1. The zero-order valence-electron chi connectivity index (χ0n) is 31.2. The third-order valence-electron chi connectivity index (χ3n) is 7.79. The van der Waals surface area contributed by atoms with Crippen LogP contribution in [-0.2, 0) is 44.6 Å². The molecule has 2 atom stereocenters. The van der Waals surface area contributed by atoms with E-state index < -0.39 is 59.9 Å². The molecular formula is C37H44ClN5O11. The second-order valence-corrected chi connectivity index (χ2v) is 14.8. The van der Waals surface area contributed by atoms with E-state index in [1.54, 1.807) is 52.5 Å². The lowest BCUT2D eigenvalue weighted by molar-refractivity contribution is -0.167. The molecule has 0 radical (unpaired) electrons. The van der Waals surface area contributed by atoms with E-state index in [0.717, 1.165) is 6.92 Å². The van der Waals surface area contributed by atoms with E-state index in [-0.39, 0.29) is 46.5 Å². The van der Waals surface area contributed by atoms with Gasteiger partial charge in [-0.2, -0.15) is 5.26 Å². The summed E-state index contributed by atoms with van der Waals surface area (Å²) in [5, 5.41) is 12.5. The van der Waals surface area contributed by atoms with Crippen LogP contribution in [0.5, 0.6) is 0 Å². The zero-order valence-corrected chi connectivity index (χ0v) is 32.0. The van der Waals surface area contributed by atoms with Crippen LogP contribution < -0.4 is 10.2 Å². The highest BCUT2D eigenvalue weighted by Gasteiger charge is 2.43. The molecule has 0 unspecified atom stereocenters. The number of nitrogens with zero attached hydrogens (tertiary/aromatic N) is 4. The van der Waals surface area contributed by atoms with E-state index >= 15 is 0 Å². The van der Waals surface area contributed by atoms with E-state index in [0.29, 0.717) is 36.9 Å². The van der Waals surface area contributed by atoms with E-state index in [1.165, 1.54) is 35.2 Å². The molecule has 0 bridgehead atoms. The predicted molar refractivity (Wildman–Crippen MR) is 194 cm³/mol. The SMILES string of the molecule is CC(=O)O[C@@H](C(=O)Nc1ccc(C#N)c(CN(C(=O)OC(C)(C)C)C(=O)OC(C)(C)C)c1)[C@H]1OCCN(c2ccc(C(=O)N3CCOCC3)c(Cl)c2)C1=O. The van der Waals surface area contributed by atoms with Gasteiger partial charge in [0.1, 0.15) is 11.2 Å². The first-order chi connectivity index (χ1) is 25.3. The van der Waals surface area contributed by atoms with Gasteiger partial charge in [0.25, 0.3) is 17.7 Å². The molecule has 2 aliphatic rings. The molecule has 0 aliphatic carbocycles. The quantitative estimate of drug-likeness (QED) is 0.289. The Bertz CT molecular complexity index is 1800. The number of hydrogen-bond donors (Lipinski definition) is 1. The zero-order chi connectivity index (χ0) is 40.0. The standard InChI is InChI=1S/C37H44ClN5O11/c1-22(44)52-29(30-33(47)42(14-17-51-30)26-10-11-27(28(38)19-26)32(46)41-12-15-50-16-13-41)31(45)40-25-9-8-23(20-39)24(18-25)21-43(34(48)53-36(2,3)4)35(49)54-37(5,6)7/h8-11,18-19,29-30H,12-17,21H2,1-7H3,(H,40,45)/t29-,30-/m1/s1. The van der Waals surface area contributed by atoms with Crippen molar-refractivity contribution in [2.75, 3.05) is 49.7 Å². The highest BCUT2D eigenvalue weighted by Crippen LogP contribution is 2.29. The van der Waals surface area contributed by atoms with E-state index in [4.69, 9.17) is 35.3 Å². The van der Waals surface area contributed by atoms with Crippen molar-refractivity contribution in [2.45, 2.75) is 78.4 Å². The molecule has 0 saturated carbocycles. The summed E-state index contributed by atoms with van der Waals surface area (Å²) in [4.78, 5) is 82.7. The summed E-state index contributed by atoms with van der Waals surface area (Å²) in [6.45, 7) is 12.0. The summed E-state index contributed by atoms with van der Waals surface area (Å²) in [5.74, 6) is -2.80. The molecule has 2 aromatic carbocycles. The number of carbonyl (C=O) groups excluding carboxylic acids is 6. The molecule has 5 amide bonds. The Morgan fingerprint density at radius 1 is 0.963 bits per heavy atom. The van der Waals surface area contributed by atoms with Gasteiger partial charge in [-0.05, 0) is 83.5 Å². The molecule has 0 aromatic heterocycles. The topological polar surface area (TPSA) is 194 Å². The average Bonchev–Trinajstić information content (AvgIpc) is 3.08. The van der Waals surface area contributed by atoms with Gasteiger partial charge in [-0.3, -0.25) is 19.2 Å². The van der Waals surface area contributed by atoms with Crippen molar-refractivity contribution >= 4 is 58.9 Å². The van der Waals surface area contributed by atoms with Gasteiger partial charge < -0.3 is 38.8 Å². The van der Waals surface area contributed by atoms with Crippen molar-refractivity contribution in [3.05, 3.63) is 58.1 Å². The van der Waals surface area contributed by atoms with Crippen LogP contribution in [0.1, 0.15) is 70.0 Å². The van der Waals surface area contributed by atoms with Gasteiger partial charge in [0.15, 0.2) is 6.10 Å². The Labute approximate surface area is 318 Å². The van der Waals surface area contributed by atoms with Crippen LogP contribution in [0.3, 0.4) is 0 Å². The number of halogens is 1. The summed E-state index contributed by atoms with van der Waals surface area (Å²) in [5.41, 5.74) is -1.08. The van der Waals surface area contributed by atoms with Gasteiger partial charge in [-0.1, -0.05) is 11.6 Å².